The highest BCUT2D eigenvalue weighted by Crippen LogP contribution is 2.18. The number of aryl methyl sites for hydroxylation is 1. The number of benzene rings is 2. The molecule has 114 valence electrons. The normalized spacial score (nSPS) is 14.9. The van der Waals surface area contributed by atoms with Crippen LogP contribution in [0.5, 0.6) is 0 Å². The minimum atomic E-state index is 0.164. The van der Waals surface area contributed by atoms with Gasteiger partial charge >= 0.3 is 0 Å². The van der Waals surface area contributed by atoms with Crippen LogP contribution in [0.4, 0.5) is 5.69 Å². The third-order valence-corrected chi connectivity index (χ3v) is 4.05. The molecule has 22 heavy (non-hydrogen) atoms. The molecule has 0 unspecified atom stereocenters. The molecule has 0 bridgehead atoms. The summed E-state index contributed by atoms with van der Waals surface area (Å²) >= 11 is 0. The van der Waals surface area contributed by atoms with Gasteiger partial charge in [-0.05, 0) is 36.8 Å². The molecule has 0 N–H and O–H groups in total. The van der Waals surface area contributed by atoms with Crippen LogP contribution in [0.1, 0.15) is 21.5 Å². The van der Waals surface area contributed by atoms with E-state index in [4.69, 9.17) is 4.74 Å². The Morgan fingerprint density at radius 3 is 2.27 bits per heavy atom. The average Bonchev–Trinajstić information content (AvgIpc) is 2.58. The van der Waals surface area contributed by atoms with Crippen molar-refractivity contribution >= 4 is 11.5 Å². The maximum absolute atomic E-state index is 12.4. The van der Waals surface area contributed by atoms with E-state index < -0.39 is 0 Å². The zero-order chi connectivity index (χ0) is 15.4. The fourth-order valence-corrected chi connectivity index (χ4v) is 2.67. The minimum Gasteiger partial charge on any atom is -0.378 e. The Hall–Kier alpha value is -2.13. The molecule has 0 amide bonds. The molecule has 3 heteroatoms. The zero-order valence-electron chi connectivity index (χ0n) is 12.9. The molecule has 1 aliphatic heterocycles. The topological polar surface area (TPSA) is 29.5 Å². The van der Waals surface area contributed by atoms with Crippen LogP contribution < -0.4 is 4.90 Å². The number of nitrogens with zero attached hydrogens (tertiary/aromatic N) is 1. The first kappa shape index (κ1) is 14.8. The molecule has 0 saturated carbocycles. The number of carbonyl (C=O) groups is 1. The summed E-state index contributed by atoms with van der Waals surface area (Å²) in [5.41, 5.74) is 4.21. The molecule has 0 aromatic heterocycles. The van der Waals surface area contributed by atoms with E-state index in [0.29, 0.717) is 6.42 Å². The van der Waals surface area contributed by atoms with E-state index in [1.807, 2.05) is 48.5 Å². The standard InChI is InChI=1S/C19H21NO2/c1-15-2-4-16(5-3-15)14-19(21)17-6-8-18(9-7-17)20-10-12-22-13-11-20/h2-9H,10-14H2,1H3. The molecule has 0 spiro atoms. The van der Waals surface area contributed by atoms with Crippen molar-refractivity contribution in [2.45, 2.75) is 13.3 Å². The van der Waals surface area contributed by atoms with Crippen molar-refractivity contribution in [2.24, 2.45) is 0 Å². The van der Waals surface area contributed by atoms with Gasteiger partial charge in [-0.25, -0.2) is 0 Å². The molecule has 1 fully saturated rings. The second-order valence-electron chi connectivity index (χ2n) is 5.73. The number of rotatable bonds is 4. The van der Waals surface area contributed by atoms with Crippen LogP contribution in [0.25, 0.3) is 0 Å². The van der Waals surface area contributed by atoms with Crippen molar-refractivity contribution in [1.82, 2.24) is 0 Å². The predicted molar refractivity (Wildman–Crippen MR) is 88.7 cm³/mol. The van der Waals surface area contributed by atoms with Gasteiger partial charge in [-0.3, -0.25) is 4.79 Å². The fraction of sp³-hybridized carbons (Fsp3) is 0.316. The summed E-state index contributed by atoms with van der Waals surface area (Å²) < 4.78 is 5.36. The number of hydrogen-bond acceptors (Lipinski definition) is 3. The minimum absolute atomic E-state index is 0.164. The van der Waals surface area contributed by atoms with Crippen LogP contribution in [0, 0.1) is 6.92 Å². The summed E-state index contributed by atoms with van der Waals surface area (Å²) in [5, 5.41) is 0. The van der Waals surface area contributed by atoms with Crippen LogP contribution in [0.2, 0.25) is 0 Å². The first-order valence-corrected chi connectivity index (χ1v) is 7.74. The highest BCUT2D eigenvalue weighted by molar-refractivity contribution is 5.97. The van der Waals surface area contributed by atoms with E-state index in [9.17, 15) is 4.79 Å². The van der Waals surface area contributed by atoms with Crippen LogP contribution in [0.15, 0.2) is 48.5 Å². The SMILES string of the molecule is Cc1ccc(CC(=O)c2ccc(N3CCOCC3)cc2)cc1. The maximum atomic E-state index is 12.4. The van der Waals surface area contributed by atoms with Gasteiger partial charge in [0.25, 0.3) is 0 Å². The number of morpholine rings is 1. The Morgan fingerprint density at radius 2 is 1.64 bits per heavy atom. The molecule has 3 rings (SSSR count). The Labute approximate surface area is 131 Å². The van der Waals surface area contributed by atoms with E-state index in [2.05, 4.69) is 11.8 Å². The first-order chi connectivity index (χ1) is 10.7. The lowest BCUT2D eigenvalue weighted by molar-refractivity contribution is 0.0993. The predicted octanol–water partition coefficient (Wildman–Crippen LogP) is 3.26. The number of carbonyl (C=O) groups excluding carboxylic acids is 1. The van der Waals surface area contributed by atoms with Gasteiger partial charge in [-0.2, -0.15) is 0 Å². The number of anilines is 1. The van der Waals surface area contributed by atoms with E-state index in [0.717, 1.165) is 43.1 Å². The zero-order valence-corrected chi connectivity index (χ0v) is 12.9. The van der Waals surface area contributed by atoms with Crippen molar-refractivity contribution < 1.29 is 9.53 Å². The molecule has 1 heterocycles. The van der Waals surface area contributed by atoms with Gasteiger partial charge in [-0.1, -0.05) is 29.8 Å². The Morgan fingerprint density at radius 1 is 1.00 bits per heavy atom. The molecule has 3 nitrogen and oxygen atoms in total. The summed E-state index contributed by atoms with van der Waals surface area (Å²) in [6, 6.07) is 16.1. The van der Waals surface area contributed by atoms with E-state index in [1.165, 1.54) is 5.56 Å². The smallest absolute Gasteiger partial charge is 0.167 e. The van der Waals surface area contributed by atoms with Crippen LogP contribution in [-0.2, 0) is 11.2 Å². The molecule has 0 aliphatic carbocycles. The first-order valence-electron chi connectivity index (χ1n) is 7.74. The van der Waals surface area contributed by atoms with Gasteiger partial charge < -0.3 is 9.64 Å². The van der Waals surface area contributed by atoms with Crippen LogP contribution in [-0.4, -0.2) is 32.1 Å². The number of ether oxygens (including phenoxy) is 1. The van der Waals surface area contributed by atoms with Crippen molar-refractivity contribution in [2.75, 3.05) is 31.2 Å². The van der Waals surface area contributed by atoms with Gasteiger partial charge in [0, 0.05) is 30.8 Å². The maximum Gasteiger partial charge on any atom is 0.167 e. The van der Waals surface area contributed by atoms with Crippen LogP contribution >= 0.6 is 0 Å². The second-order valence-corrected chi connectivity index (χ2v) is 5.73. The van der Waals surface area contributed by atoms with Crippen molar-refractivity contribution in [3.63, 3.8) is 0 Å². The highest BCUT2D eigenvalue weighted by Gasteiger charge is 2.12. The molecule has 1 saturated heterocycles. The largest absolute Gasteiger partial charge is 0.378 e. The quantitative estimate of drug-likeness (QED) is 0.811. The van der Waals surface area contributed by atoms with Crippen molar-refractivity contribution in [3.05, 3.63) is 65.2 Å². The van der Waals surface area contributed by atoms with E-state index >= 15 is 0 Å². The summed E-state index contributed by atoms with van der Waals surface area (Å²) in [4.78, 5) is 14.6. The number of Topliss-reactive ketones (excluding diaryl/α,β-unsaturated/α-hetero) is 1. The van der Waals surface area contributed by atoms with Crippen LogP contribution in [0.3, 0.4) is 0 Å². The molecule has 2 aromatic carbocycles. The molecular weight excluding hydrogens is 274 g/mol. The second kappa shape index (κ2) is 6.75. The number of hydrogen-bond donors (Lipinski definition) is 0. The molecule has 2 aromatic rings. The van der Waals surface area contributed by atoms with Gasteiger partial charge in [0.2, 0.25) is 0 Å². The summed E-state index contributed by atoms with van der Waals surface area (Å²) in [5.74, 6) is 0.164. The molecule has 0 radical (unpaired) electrons. The van der Waals surface area contributed by atoms with Gasteiger partial charge in [0.1, 0.15) is 0 Å². The average molecular weight is 295 g/mol. The fourth-order valence-electron chi connectivity index (χ4n) is 2.67. The highest BCUT2D eigenvalue weighted by atomic mass is 16.5. The number of ketones is 1. The monoisotopic (exact) mass is 295 g/mol. The lowest BCUT2D eigenvalue weighted by atomic mass is 10.0. The Bertz CT molecular complexity index is 625. The van der Waals surface area contributed by atoms with Crippen molar-refractivity contribution in [3.8, 4) is 0 Å². The third kappa shape index (κ3) is 3.55. The lowest BCUT2D eigenvalue weighted by Gasteiger charge is -2.28. The summed E-state index contributed by atoms with van der Waals surface area (Å²) in [7, 11) is 0. The lowest BCUT2D eigenvalue weighted by Crippen LogP contribution is -2.36. The van der Waals surface area contributed by atoms with Crippen molar-refractivity contribution in [1.29, 1.82) is 0 Å². The molecular formula is C19H21NO2. The Kier molecular flexibility index (Phi) is 4.54. The van der Waals surface area contributed by atoms with E-state index in [-0.39, 0.29) is 5.78 Å². The van der Waals surface area contributed by atoms with E-state index in [1.54, 1.807) is 0 Å². The third-order valence-electron chi connectivity index (χ3n) is 4.05. The summed E-state index contributed by atoms with van der Waals surface area (Å²) in [6.07, 6.45) is 0.456. The molecule has 1 aliphatic rings. The molecule has 0 atom stereocenters. The van der Waals surface area contributed by atoms with Gasteiger partial charge in [-0.15, -0.1) is 0 Å². The Balaban J connectivity index is 1.66. The van der Waals surface area contributed by atoms with Gasteiger partial charge in [0.15, 0.2) is 5.78 Å². The van der Waals surface area contributed by atoms with Gasteiger partial charge in [0.05, 0.1) is 13.2 Å². The summed E-state index contributed by atoms with van der Waals surface area (Å²) in [6.45, 7) is 5.42.